The van der Waals surface area contributed by atoms with Crippen molar-refractivity contribution in [3.8, 4) is 0 Å². The zero-order valence-corrected chi connectivity index (χ0v) is 5.84. The van der Waals surface area contributed by atoms with Crippen molar-refractivity contribution in [1.29, 1.82) is 0 Å². The Morgan fingerprint density at radius 2 is 2.20 bits per heavy atom. The summed E-state index contributed by atoms with van der Waals surface area (Å²) in [7, 11) is 0. The first kappa shape index (κ1) is 5.98. The number of hydrogen-bond acceptors (Lipinski definition) is 1. The first-order valence-electron chi connectivity index (χ1n) is 3.61. The van der Waals surface area contributed by atoms with Gasteiger partial charge < -0.3 is 4.74 Å². The highest BCUT2D eigenvalue weighted by Crippen LogP contribution is 2.19. The van der Waals surface area contributed by atoms with Crippen LogP contribution in [0.5, 0.6) is 0 Å². The third-order valence-electron chi connectivity index (χ3n) is 1.81. The molecular weight excluding hydrogens is 126 g/mol. The van der Waals surface area contributed by atoms with E-state index < -0.39 is 0 Å². The minimum absolute atomic E-state index is 0.545. The van der Waals surface area contributed by atoms with Gasteiger partial charge in [0, 0.05) is 0 Å². The van der Waals surface area contributed by atoms with Gasteiger partial charge in [0.2, 0.25) is 0 Å². The summed E-state index contributed by atoms with van der Waals surface area (Å²) in [5.74, 6) is 0. The summed E-state index contributed by atoms with van der Waals surface area (Å²) in [6.45, 7) is 1.30. The normalized spacial score (nSPS) is 24.0. The molecule has 1 radical (unpaired) electrons. The molecule has 0 amide bonds. The smallest absolute Gasteiger partial charge is 0.138 e. The van der Waals surface area contributed by atoms with Gasteiger partial charge in [0.15, 0.2) is 0 Å². The molecule has 1 saturated heterocycles. The minimum Gasteiger partial charge on any atom is -0.355 e. The monoisotopic (exact) mass is 136 g/mol. The molecule has 0 aromatic carbocycles. The molecule has 1 aliphatic carbocycles. The van der Waals surface area contributed by atoms with Crippen molar-refractivity contribution in [3.63, 3.8) is 0 Å². The standard InChI is InChI=1S/C8H10NO/c1-2-4-8-7(3-1)5-10-6-9-8/h3-4H,1-2,5-6H2. The van der Waals surface area contributed by atoms with E-state index >= 15 is 0 Å². The van der Waals surface area contributed by atoms with Crippen molar-refractivity contribution in [2.24, 2.45) is 0 Å². The zero-order valence-electron chi connectivity index (χ0n) is 5.84. The van der Waals surface area contributed by atoms with Crippen LogP contribution in [0, 0.1) is 0 Å². The number of ether oxygens (including phenoxy) is 1. The Balaban J connectivity index is 2.19. The summed E-state index contributed by atoms with van der Waals surface area (Å²) in [5.41, 5.74) is 2.44. The topological polar surface area (TPSA) is 23.3 Å². The molecule has 2 aliphatic rings. The maximum atomic E-state index is 5.16. The van der Waals surface area contributed by atoms with Crippen molar-refractivity contribution < 1.29 is 4.74 Å². The highest BCUT2D eigenvalue weighted by Gasteiger charge is 2.13. The number of nitrogens with zero attached hydrogens (tertiary/aromatic N) is 1. The van der Waals surface area contributed by atoms with Gasteiger partial charge >= 0.3 is 0 Å². The van der Waals surface area contributed by atoms with Crippen LogP contribution in [0.2, 0.25) is 0 Å². The number of fused-ring (bicyclic) bond motifs is 1. The highest BCUT2D eigenvalue weighted by atomic mass is 16.5. The van der Waals surface area contributed by atoms with Crippen molar-refractivity contribution in [2.45, 2.75) is 12.8 Å². The fourth-order valence-electron chi connectivity index (χ4n) is 1.28. The lowest BCUT2D eigenvalue weighted by Crippen LogP contribution is -2.22. The summed E-state index contributed by atoms with van der Waals surface area (Å²) >= 11 is 0. The minimum atomic E-state index is 0.545. The largest absolute Gasteiger partial charge is 0.355 e. The van der Waals surface area contributed by atoms with Crippen LogP contribution in [-0.2, 0) is 4.74 Å². The third kappa shape index (κ3) is 0.948. The van der Waals surface area contributed by atoms with Gasteiger partial charge in [0.05, 0.1) is 12.3 Å². The van der Waals surface area contributed by atoms with Crippen LogP contribution >= 0.6 is 0 Å². The van der Waals surface area contributed by atoms with Crippen LogP contribution < -0.4 is 5.32 Å². The number of allylic oxidation sites excluding steroid dienone is 2. The van der Waals surface area contributed by atoms with Gasteiger partial charge in [-0.3, -0.25) is 5.32 Å². The predicted octanol–water partition coefficient (Wildman–Crippen LogP) is 1.18. The average molecular weight is 136 g/mol. The molecular formula is C8H10NO. The van der Waals surface area contributed by atoms with Crippen molar-refractivity contribution in [3.05, 3.63) is 23.4 Å². The molecule has 2 nitrogen and oxygen atoms in total. The Labute approximate surface area is 60.6 Å². The summed E-state index contributed by atoms with van der Waals surface area (Å²) in [4.78, 5) is 0. The lowest BCUT2D eigenvalue weighted by Gasteiger charge is -2.20. The van der Waals surface area contributed by atoms with Gasteiger partial charge in [-0.05, 0) is 18.4 Å². The Morgan fingerprint density at radius 3 is 3.10 bits per heavy atom. The molecule has 0 bridgehead atoms. The van der Waals surface area contributed by atoms with E-state index in [0.29, 0.717) is 6.73 Å². The molecule has 0 N–H and O–H groups in total. The molecule has 0 atom stereocenters. The second-order valence-electron chi connectivity index (χ2n) is 2.53. The lowest BCUT2D eigenvalue weighted by molar-refractivity contribution is 0.124. The van der Waals surface area contributed by atoms with Crippen LogP contribution in [0.3, 0.4) is 0 Å². The number of rotatable bonds is 0. The third-order valence-corrected chi connectivity index (χ3v) is 1.81. The fourth-order valence-corrected chi connectivity index (χ4v) is 1.28. The zero-order chi connectivity index (χ0) is 6.81. The van der Waals surface area contributed by atoms with E-state index in [1.54, 1.807) is 0 Å². The van der Waals surface area contributed by atoms with E-state index in [0.717, 1.165) is 25.1 Å². The summed E-state index contributed by atoms with van der Waals surface area (Å²) in [5, 5.41) is 4.22. The number of hydrogen-bond donors (Lipinski definition) is 0. The Hall–Kier alpha value is -0.760. The van der Waals surface area contributed by atoms with E-state index in [4.69, 9.17) is 4.74 Å². The van der Waals surface area contributed by atoms with E-state index in [-0.39, 0.29) is 0 Å². The first-order valence-corrected chi connectivity index (χ1v) is 3.61. The molecule has 10 heavy (non-hydrogen) atoms. The lowest BCUT2D eigenvalue weighted by atomic mass is 10.0. The molecule has 2 heteroatoms. The molecule has 0 aromatic rings. The predicted molar refractivity (Wildman–Crippen MR) is 38.4 cm³/mol. The molecule has 0 saturated carbocycles. The highest BCUT2D eigenvalue weighted by molar-refractivity contribution is 5.33. The van der Waals surface area contributed by atoms with Gasteiger partial charge in [0.1, 0.15) is 6.73 Å². The van der Waals surface area contributed by atoms with E-state index in [2.05, 4.69) is 17.5 Å². The molecule has 0 unspecified atom stereocenters. The van der Waals surface area contributed by atoms with Gasteiger partial charge in [-0.2, -0.15) is 0 Å². The van der Waals surface area contributed by atoms with Crippen LogP contribution in [-0.4, -0.2) is 13.3 Å². The van der Waals surface area contributed by atoms with Gasteiger partial charge in [-0.1, -0.05) is 12.2 Å². The SMILES string of the molecule is C1=C2COC[N]C2=CCC1. The maximum Gasteiger partial charge on any atom is 0.138 e. The summed E-state index contributed by atoms with van der Waals surface area (Å²) < 4.78 is 5.16. The van der Waals surface area contributed by atoms with Gasteiger partial charge in [-0.25, -0.2) is 0 Å². The summed E-state index contributed by atoms with van der Waals surface area (Å²) in [6.07, 6.45) is 6.70. The molecule has 0 spiro atoms. The van der Waals surface area contributed by atoms with Crippen molar-refractivity contribution in [1.82, 2.24) is 5.32 Å². The van der Waals surface area contributed by atoms with Crippen LogP contribution in [0.1, 0.15) is 12.8 Å². The second-order valence-corrected chi connectivity index (χ2v) is 2.53. The van der Waals surface area contributed by atoms with Crippen LogP contribution in [0.15, 0.2) is 23.4 Å². The average Bonchev–Trinajstić information content (AvgIpc) is 2.05. The molecule has 2 rings (SSSR count). The maximum absolute atomic E-state index is 5.16. The Morgan fingerprint density at radius 1 is 1.30 bits per heavy atom. The Bertz CT molecular complexity index is 171. The van der Waals surface area contributed by atoms with Gasteiger partial charge in [0.25, 0.3) is 0 Å². The van der Waals surface area contributed by atoms with E-state index in [1.165, 1.54) is 5.57 Å². The van der Waals surface area contributed by atoms with Gasteiger partial charge in [-0.15, -0.1) is 0 Å². The van der Waals surface area contributed by atoms with E-state index in [9.17, 15) is 0 Å². The second kappa shape index (κ2) is 2.46. The molecule has 1 heterocycles. The molecule has 1 aliphatic heterocycles. The summed E-state index contributed by atoms with van der Waals surface area (Å²) in [6, 6.07) is 0. The van der Waals surface area contributed by atoms with Crippen molar-refractivity contribution in [2.75, 3.05) is 13.3 Å². The van der Waals surface area contributed by atoms with Crippen molar-refractivity contribution >= 4 is 0 Å². The molecule has 0 aromatic heterocycles. The first-order chi connectivity index (χ1) is 4.97. The Kier molecular flexibility index (Phi) is 1.47. The van der Waals surface area contributed by atoms with E-state index in [1.807, 2.05) is 0 Å². The van der Waals surface area contributed by atoms with Crippen LogP contribution in [0.4, 0.5) is 0 Å². The molecule has 53 valence electrons. The quantitative estimate of drug-likeness (QED) is 0.490. The van der Waals surface area contributed by atoms with Crippen LogP contribution in [0.25, 0.3) is 0 Å². The molecule has 1 fully saturated rings. The fraction of sp³-hybridized carbons (Fsp3) is 0.500.